The highest BCUT2D eigenvalue weighted by molar-refractivity contribution is 9.10. The molecule has 0 radical (unpaired) electrons. The van der Waals surface area contributed by atoms with E-state index in [9.17, 15) is 0 Å². The second kappa shape index (κ2) is 8.67. The van der Waals surface area contributed by atoms with Gasteiger partial charge in [0.1, 0.15) is 0 Å². The minimum absolute atomic E-state index is 0.456. The topological polar surface area (TPSA) is 34.0 Å². The van der Waals surface area contributed by atoms with Gasteiger partial charge in [0.25, 0.3) is 0 Å². The zero-order valence-corrected chi connectivity index (χ0v) is 18.2. The summed E-state index contributed by atoms with van der Waals surface area (Å²) in [6.45, 7) is 3.22. The Morgan fingerprint density at radius 2 is 1.44 bits per heavy atom. The highest BCUT2D eigenvalue weighted by Crippen LogP contribution is 2.24. The van der Waals surface area contributed by atoms with Gasteiger partial charge in [0, 0.05) is 41.2 Å². The maximum atomic E-state index is 4.41. The van der Waals surface area contributed by atoms with Crippen molar-refractivity contribution in [1.82, 2.24) is 19.9 Å². The number of halogens is 2. The molecule has 4 nitrogen and oxygen atoms in total. The zero-order chi connectivity index (χ0) is 18.6. The van der Waals surface area contributed by atoms with Gasteiger partial charge in [0.2, 0.25) is 0 Å². The van der Waals surface area contributed by atoms with Gasteiger partial charge in [-0.05, 0) is 48.2 Å². The first kappa shape index (κ1) is 18.8. The highest BCUT2D eigenvalue weighted by atomic mass is 79.9. The van der Waals surface area contributed by atoms with E-state index in [4.69, 9.17) is 0 Å². The average molecular weight is 490 g/mol. The summed E-state index contributed by atoms with van der Waals surface area (Å²) in [6.07, 6.45) is 5.20. The second-order valence-corrected chi connectivity index (χ2v) is 8.96. The van der Waals surface area contributed by atoms with Crippen LogP contribution in [0.4, 0.5) is 0 Å². The highest BCUT2D eigenvalue weighted by Gasteiger charge is 2.21. The van der Waals surface area contributed by atoms with Gasteiger partial charge in [-0.1, -0.05) is 61.3 Å². The molecule has 0 unspecified atom stereocenters. The molecule has 2 heterocycles. The van der Waals surface area contributed by atoms with Gasteiger partial charge in [-0.2, -0.15) is 0 Å². The summed E-state index contributed by atoms with van der Waals surface area (Å²) in [5, 5.41) is 8.79. The van der Waals surface area contributed by atoms with E-state index in [-0.39, 0.29) is 0 Å². The molecule has 1 saturated heterocycles. The van der Waals surface area contributed by atoms with E-state index in [0.717, 1.165) is 53.5 Å². The molecule has 1 aliphatic heterocycles. The lowest BCUT2D eigenvalue weighted by molar-refractivity contribution is 0.172. The van der Waals surface area contributed by atoms with Gasteiger partial charge in [-0.3, -0.25) is 4.90 Å². The molecule has 2 aromatic carbocycles. The smallest absolute Gasteiger partial charge is 0.0870 e. The molecule has 0 atom stereocenters. The SMILES string of the molecule is Brc1ccc(Cc2cn(C3CCN(Cc4ccc(Br)cc4)CC3)nn2)cc1. The fourth-order valence-electron chi connectivity index (χ4n) is 3.57. The Labute approximate surface area is 176 Å². The molecule has 1 aromatic heterocycles. The fraction of sp³-hybridized carbons (Fsp3) is 0.333. The van der Waals surface area contributed by atoms with Gasteiger partial charge in [0.15, 0.2) is 0 Å². The molecule has 0 saturated carbocycles. The number of aromatic nitrogens is 3. The fourth-order valence-corrected chi connectivity index (χ4v) is 4.10. The van der Waals surface area contributed by atoms with E-state index in [1.807, 2.05) is 0 Å². The maximum absolute atomic E-state index is 4.41. The Kier molecular flexibility index (Phi) is 6.05. The number of hydrogen-bond acceptors (Lipinski definition) is 3. The zero-order valence-electron chi connectivity index (χ0n) is 15.1. The first-order valence-corrected chi connectivity index (χ1v) is 10.9. The predicted octanol–water partition coefficient (Wildman–Crippen LogP) is 5.23. The Balaban J connectivity index is 1.31. The van der Waals surface area contributed by atoms with E-state index in [2.05, 4.69) is 106 Å². The largest absolute Gasteiger partial charge is 0.299 e. The summed E-state index contributed by atoms with van der Waals surface area (Å²) in [6, 6.07) is 17.5. The monoisotopic (exact) mass is 488 g/mol. The first-order valence-electron chi connectivity index (χ1n) is 9.28. The number of likely N-dealkylation sites (tertiary alicyclic amines) is 1. The van der Waals surface area contributed by atoms with Crippen LogP contribution in [-0.4, -0.2) is 33.0 Å². The predicted molar refractivity (Wildman–Crippen MR) is 115 cm³/mol. The van der Waals surface area contributed by atoms with Crippen LogP contribution in [0.2, 0.25) is 0 Å². The summed E-state index contributed by atoms with van der Waals surface area (Å²) in [5.74, 6) is 0. The van der Waals surface area contributed by atoms with Crippen LogP contribution in [0.5, 0.6) is 0 Å². The molecule has 6 heteroatoms. The number of hydrogen-bond donors (Lipinski definition) is 0. The third-order valence-electron chi connectivity index (χ3n) is 5.11. The molecule has 0 bridgehead atoms. The molecule has 0 aliphatic carbocycles. The third-order valence-corrected chi connectivity index (χ3v) is 6.16. The van der Waals surface area contributed by atoms with E-state index in [0.29, 0.717) is 6.04 Å². The molecule has 1 aliphatic rings. The van der Waals surface area contributed by atoms with Crippen LogP contribution in [0.15, 0.2) is 63.7 Å². The number of piperidine rings is 1. The standard InChI is InChI=1S/C21H22Br2N4/c22-18-5-1-16(2-6-18)13-20-15-27(25-24-20)21-9-11-26(12-10-21)14-17-3-7-19(23)8-4-17/h1-8,15,21H,9-14H2. The second-order valence-electron chi connectivity index (χ2n) is 7.13. The molecule has 27 heavy (non-hydrogen) atoms. The van der Waals surface area contributed by atoms with Gasteiger partial charge < -0.3 is 0 Å². The molecule has 140 valence electrons. The lowest BCUT2D eigenvalue weighted by Crippen LogP contribution is -2.34. The van der Waals surface area contributed by atoms with Crippen molar-refractivity contribution >= 4 is 31.9 Å². The maximum Gasteiger partial charge on any atom is 0.0870 e. The lowest BCUT2D eigenvalue weighted by atomic mass is 10.0. The van der Waals surface area contributed by atoms with Crippen molar-refractivity contribution in [3.63, 3.8) is 0 Å². The van der Waals surface area contributed by atoms with Crippen LogP contribution < -0.4 is 0 Å². The number of rotatable bonds is 5. The molecule has 1 fully saturated rings. The molecule has 4 rings (SSSR count). The Morgan fingerprint density at radius 3 is 2.07 bits per heavy atom. The molecular formula is C21H22Br2N4. The Hall–Kier alpha value is -1.50. The molecule has 0 N–H and O–H groups in total. The Bertz CT molecular complexity index is 866. The Morgan fingerprint density at radius 1 is 0.852 bits per heavy atom. The van der Waals surface area contributed by atoms with Gasteiger partial charge in [0.05, 0.1) is 11.7 Å². The first-order chi connectivity index (χ1) is 13.2. The summed E-state index contributed by atoms with van der Waals surface area (Å²) < 4.78 is 4.31. The molecule has 3 aromatic rings. The van der Waals surface area contributed by atoms with Crippen molar-refractivity contribution in [2.75, 3.05) is 13.1 Å². The number of nitrogens with zero attached hydrogens (tertiary/aromatic N) is 4. The minimum atomic E-state index is 0.456. The molecule has 0 spiro atoms. The van der Waals surface area contributed by atoms with Crippen molar-refractivity contribution in [2.45, 2.75) is 31.8 Å². The van der Waals surface area contributed by atoms with Crippen molar-refractivity contribution < 1.29 is 0 Å². The van der Waals surface area contributed by atoms with Gasteiger partial charge in [-0.15, -0.1) is 5.10 Å². The van der Waals surface area contributed by atoms with Crippen LogP contribution >= 0.6 is 31.9 Å². The van der Waals surface area contributed by atoms with Crippen molar-refractivity contribution in [1.29, 1.82) is 0 Å². The average Bonchev–Trinajstić information content (AvgIpc) is 3.15. The molecule has 0 amide bonds. The van der Waals surface area contributed by atoms with Crippen LogP contribution in [0.25, 0.3) is 0 Å². The third kappa shape index (κ3) is 5.06. The van der Waals surface area contributed by atoms with Crippen molar-refractivity contribution in [2.24, 2.45) is 0 Å². The lowest BCUT2D eigenvalue weighted by Gasteiger charge is -2.31. The summed E-state index contributed by atoms with van der Waals surface area (Å²) in [7, 11) is 0. The van der Waals surface area contributed by atoms with Crippen molar-refractivity contribution in [3.05, 3.63) is 80.5 Å². The van der Waals surface area contributed by atoms with Gasteiger partial charge >= 0.3 is 0 Å². The van der Waals surface area contributed by atoms with E-state index in [1.54, 1.807) is 0 Å². The van der Waals surface area contributed by atoms with Crippen LogP contribution in [0.3, 0.4) is 0 Å². The quantitative estimate of drug-likeness (QED) is 0.492. The van der Waals surface area contributed by atoms with E-state index in [1.165, 1.54) is 11.1 Å². The van der Waals surface area contributed by atoms with Crippen LogP contribution in [0, 0.1) is 0 Å². The summed E-state index contributed by atoms with van der Waals surface area (Å²) in [4.78, 5) is 2.53. The van der Waals surface area contributed by atoms with E-state index >= 15 is 0 Å². The van der Waals surface area contributed by atoms with Crippen molar-refractivity contribution in [3.8, 4) is 0 Å². The minimum Gasteiger partial charge on any atom is -0.299 e. The number of benzene rings is 2. The van der Waals surface area contributed by atoms with Crippen LogP contribution in [-0.2, 0) is 13.0 Å². The summed E-state index contributed by atoms with van der Waals surface area (Å²) in [5.41, 5.74) is 3.67. The van der Waals surface area contributed by atoms with E-state index < -0.39 is 0 Å². The summed E-state index contributed by atoms with van der Waals surface area (Å²) >= 11 is 6.98. The molecular weight excluding hydrogens is 468 g/mol. The van der Waals surface area contributed by atoms with Crippen LogP contribution in [0.1, 0.15) is 35.7 Å². The normalized spacial score (nSPS) is 15.9. The van der Waals surface area contributed by atoms with Gasteiger partial charge in [-0.25, -0.2) is 4.68 Å².